The molecule has 3 aromatic rings. The fraction of sp³-hybridized carbons (Fsp3) is 0.105. The van der Waals surface area contributed by atoms with Crippen LogP contribution in [-0.4, -0.2) is 28.2 Å². The summed E-state index contributed by atoms with van der Waals surface area (Å²) in [6.45, 7) is 1.77. The van der Waals surface area contributed by atoms with E-state index >= 15 is 0 Å². The standard InChI is InChI=1S/C19H18N4O3/c1-12-20-17(22-13-6-5-7-14(10-13)26-2)11-18(21-12)23-16-9-4-3-8-15(16)19(24)25/h3-11H,1-2H3,(H,24,25)(H2,20,21,22,23). The van der Waals surface area contributed by atoms with E-state index in [2.05, 4.69) is 20.6 Å². The van der Waals surface area contributed by atoms with E-state index in [1.54, 1.807) is 38.3 Å². The van der Waals surface area contributed by atoms with Gasteiger partial charge in [0.05, 0.1) is 18.4 Å². The third kappa shape index (κ3) is 4.07. The number of aryl methyl sites for hydroxylation is 1. The molecule has 1 aromatic heterocycles. The van der Waals surface area contributed by atoms with Crippen molar-refractivity contribution in [3.05, 3.63) is 66.0 Å². The Balaban J connectivity index is 1.87. The summed E-state index contributed by atoms with van der Waals surface area (Å²) in [5.41, 5.74) is 1.45. The zero-order valence-electron chi connectivity index (χ0n) is 14.4. The molecule has 0 radical (unpaired) electrons. The van der Waals surface area contributed by atoms with Gasteiger partial charge >= 0.3 is 5.97 Å². The molecule has 0 aliphatic carbocycles. The van der Waals surface area contributed by atoms with Crippen molar-refractivity contribution < 1.29 is 14.6 Å². The van der Waals surface area contributed by atoms with Crippen LogP contribution in [0.3, 0.4) is 0 Å². The second-order valence-corrected chi connectivity index (χ2v) is 5.52. The van der Waals surface area contributed by atoms with Gasteiger partial charge in [0, 0.05) is 17.8 Å². The van der Waals surface area contributed by atoms with Gasteiger partial charge in [0.15, 0.2) is 0 Å². The predicted molar refractivity (Wildman–Crippen MR) is 99.7 cm³/mol. The van der Waals surface area contributed by atoms with Crippen molar-refractivity contribution in [1.82, 2.24) is 9.97 Å². The molecule has 0 fully saturated rings. The number of nitrogens with one attached hydrogen (secondary N) is 2. The summed E-state index contributed by atoms with van der Waals surface area (Å²) in [5, 5.41) is 15.5. The molecule has 0 aliphatic rings. The van der Waals surface area contributed by atoms with E-state index in [4.69, 9.17) is 4.74 Å². The van der Waals surface area contributed by atoms with Crippen LogP contribution in [-0.2, 0) is 0 Å². The Labute approximate surface area is 150 Å². The van der Waals surface area contributed by atoms with Gasteiger partial charge in [-0.05, 0) is 31.2 Å². The molecule has 7 nitrogen and oxygen atoms in total. The van der Waals surface area contributed by atoms with Gasteiger partial charge in [-0.2, -0.15) is 0 Å². The summed E-state index contributed by atoms with van der Waals surface area (Å²) >= 11 is 0. The van der Waals surface area contributed by atoms with Gasteiger partial charge in [0.1, 0.15) is 23.2 Å². The fourth-order valence-electron chi connectivity index (χ4n) is 2.46. The zero-order valence-corrected chi connectivity index (χ0v) is 14.4. The first-order chi connectivity index (χ1) is 12.5. The minimum absolute atomic E-state index is 0.172. The van der Waals surface area contributed by atoms with Gasteiger partial charge in [0.25, 0.3) is 0 Å². The van der Waals surface area contributed by atoms with Gasteiger partial charge < -0.3 is 20.5 Å². The highest BCUT2D eigenvalue weighted by Gasteiger charge is 2.10. The summed E-state index contributed by atoms with van der Waals surface area (Å²) in [6.07, 6.45) is 0. The number of carboxylic acids is 1. The average molecular weight is 350 g/mol. The molecule has 1 heterocycles. The predicted octanol–water partition coefficient (Wildman–Crippen LogP) is 3.98. The molecule has 0 saturated carbocycles. The summed E-state index contributed by atoms with van der Waals surface area (Å²) in [6, 6.07) is 15.9. The summed E-state index contributed by atoms with van der Waals surface area (Å²) < 4.78 is 5.21. The highest BCUT2D eigenvalue weighted by molar-refractivity contribution is 5.95. The molecule has 0 unspecified atom stereocenters. The number of nitrogens with zero attached hydrogens (tertiary/aromatic N) is 2. The Morgan fingerprint density at radius 3 is 2.46 bits per heavy atom. The van der Waals surface area contributed by atoms with Crippen molar-refractivity contribution >= 4 is 29.0 Å². The number of methoxy groups -OCH3 is 1. The molecule has 0 bridgehead atoms. The number of aromatic nitrogens is 2. The Kier molecular flexibility index (Phi) is 4.98. The Hall–Kier alpha value is -3.61. The SMILES string of the molecule is COc1cccc(Nc2cc(Nc3ccccc3C(=O)O)nc(C)n2)c1. The molecule has 7 heteroatoms. The number of hydrogen-bond acceptors (Lipinski definition) is 6. The maximum Gasteiger partial charge on any atom is 0.337 e. The van der Waals surface area contributed by atoms with E-state index < -0.39 is 5.97 Å². The summed E-state index contributed by atoms with van der Waals surface area (Å²) in [4.78, 5) is 20.0. The minimum Gasteiger partial charge on any atom is -0.497 e. The lowest BCUT2D eigenvalue weighted by Gasteiger charge is -2.12. The van der Waals surface area contributed by atoms with Crippen LogP contribution >= 0.6 is 0 Å². The first kappa shape index (κ1) is 17.2. The van der Waals surface area contributed by atoms with Crippen LogP contribution in [0.5, 0.6) is 5.75 Å². The van der Waals surface area contributed by atoms with Crippen LogP contribution < -0.4 is 15.4 Å². The third-order valence-corrected chi connectivity index (χ3v) is 3.60. The maximum absolute atomic E-state index is 11.4. The van der Waals surface area contributed by atoms with Crippen LogP contribution in [0.1, 0.15) is 16.2 Å². The van der Waals surface area contributed by atoms with Crippen LogP contribution in [0.15, 0.2) is 54.6 Å². The van der Waals surface area contributed by atoms with Crippen molar-refractivity contribution in [3.63, 3.8) is 0 Å². The lowest BCUT2D eigenvalue weighted by Crippen LogP contribution is -2.05. The van der Waals surface area contributed by atoms with E-state index in [0.29, 0.717) is 23.1 Å². The Morgan fingerprint density at radius 1 is 1.00 bits per heavy atom. The molecule has 0 amide bonds. The van der Waals surface area contributed by atoms with Crippen LogP contribution in [0.2, 0.25) is 0 Å². The monoisotopic (exact) mass is 350 g/mol. The molecule has 0 atom stereocenters. The van der Waals surface area contributed by atoms with E-state index in [-0.39, 0.29) is 5.56 Å². The molecular weight excluding hydrogens is 332 g/mol. The molecule has 3 rings (SSSR count). The number of carboxylic acid groups (broad SMARTS) is 1. The molecule has 0 saturated heterocycles. The van der Waals surface area contributed by atoms with Crippen molar-refractivity contribution in [2.45, 2.75) is 6.92 Å². The number of aromatic carboxylic acids is 1. The largest absolute Gasteiger partial charge is 0.497 e. The van der Waals surface area contributed by atoms with E-state index in [1.165, 1.54) is 6.07 Å². The second-order valence-electron chi connectivity index (χ2n) is 5.52. The number of carbonyl (C=O) groups is 1. The molecule has 0 spiro atoms. The Morgan fingerprint density at radius 2 is 1.73 bits per heavy atom. The smallest absolute Gasteiger partial charge is 0.337 e. The Bertz CT molecular complexity index is 944. The van der Waals surface area contributed by atoms with Gasteiger partial charge in [-0.15, -0.1) is 0 Å². The van der Waals surface area contributed by atoms with Crippen molar-refractivity contribution in [3.8, 4) is 5.75 Å². The first-order valence-electron chi connectivity index (χ1n) is 7.91. The topological polar surface area (TPSA) is 96.4 Å². The quantitative estimate of drug-likeness (QED) is 0.619. The molecule has 26 heavy (non-hydrogen) atoms. The molecular formula is C19H18N4O3. The van der Waals surface area contributed by atoms with Crippen molar-refractivity contribution in [2.75, 3.05) is 17.7 Å². The third-order valence-electron chi connectivity index (χ3n) is 3.60. The molecule has 132 valence electrons. The molecule has 2 aromatic carbocycles. The lowest BCUT2D eigenvalue weighted by atomic mass is 10.2. The van der Waals surface area contributed by atoms with E-state index in [1.807, 2.05) is 24.3 Å². The lowest BCUT2D eigenvalue weighted by molar-refractivity contribution is 0.0698. The maximum atomic E-state index is 11.4. The van der Waals surface area contributed by atoms with Crippen molar-refractivity contribution in [2.24, 2.45) is 0 Å². The number of rotatable bonds is 6. The van der Waals surface area contributed by atoms with E-state index in [9.17, 15) is 9.90 Å². The second kappa shape index (κ2) is 7.52. The number of ether oxygens (including phenoxy) is 1. The summed E-state index contributed by atoms with van der Waals surface area (Å²) in [7, 11) is 1.61. The fourth-order valence-corrected chi connectivity index (χ4v) is 2.46. The molecule has 0 aliphatic heterocycles. The molecule has 3 N–H and O–H groups in total. The highest BCUT2D eigenvalue weighted by Crippen LogP contribution is 2.24. The van der Waals surface area contributed by atoms with Crippen LogP contribution in [0.25, 0.3) is 0 Å². The average Bonchev–Trinajstić information content (AvgIpc) is 2.61. The van der Waals surface area contributed by atoms with Crippen LogP contribution in [0, 0.1) is 6.92 Å². The number of anilines is 4. The van der Waals surface area contributed by atoms with Gasteiger partial charge in [-0.25, -0.2) is 14.8 Å². The van der Waals surface area contributed by atoms with Crippen molar-refractivity contribution in [1.29, 1.82) is 0 Å². The van der Waals surface area contributed by atoms with Crippen LogP contribution in [0.4, 0.5) is 23.0 Å². The number of benzene rings is 2. The minimum atomic E-state index is -1.01. The number of para-hydroxylation sites is 1. The zero-order chi connectivity index (χ0) is 18.5. The highest BCUT2D eigenvalue weighted by atomic mass is 16.5. The summed E-state index contributed by atoms with van der Waals surface area (Å²) in [5.74, 6) is 1.36. The normalized spacial score (nSPS) is 10.2. The van der Waals surface area contributed by atoms with E-state index in [0.717, 1.165) is 11.4 Å². The van der Waals surface area contributed by atoms with Gasteiger partial charge in [0.2, 0.25) is 0 Å². The van der Waals surface area contributed by atoms with Gasteiger partial charge in [-0.3, -0.25) is 0 Å². The van der Waals surface area contributed by atoms with Gasteiger partial charge in [-0.1, -0.05) is 18.2 Å². The number of hydrogen-bond donors (Lipinski definition) is 3. The first-order valence-corrected chi connectivity index (χ1v) is 7.91.